The van der Waals surface area contributed by atoms with Crippen LogP contribution in [-0.2, 0) is 4.79 Å². The summed E-state index contributed by atoms with van der Waals surface area (Å²) < 4.78 is 0. The molecule has 1 saturated heterocycles. The molecule has 0 bridgehead atoms. The van der Waals surface area contributed by atoms with Crippen LogP contribution >= 0.6 is 0 Å². The zero-order valence-electron chi connectivity index (χ0n) is 12.9. The average Bonchev–Trinajstić information content (AvgIpc) is 2.89. The van der Waals surface area contributed by atoms with E-state index in [0.29, 0.717) is 18.7 Å². The van der Waals surface area contributed by atoms with Crippen LogP contribution in [-0.4, -0.2) is 40.8 Å². The molecule has 0 aliphatic carbocycles. The molecule has 2 aromatic rings. The number of nitrogens with zero attached hydrogens (tertiary/aromatic N) is 1. The summed E-state index contributed by atoms with van der Waals surface area (Å²) in [5, 5.41) is 3.90. The minimum Gasteiger partial charge on any atom is -0.360 e. The third kappa shape index (κ3) is 2.58. The Morgan fingerprint density at radius 3 is 2.82 bits per heavy atom. The maximum Gasteiger partial charge on any atom is 0.256 e. The molecule has 5 heteroatoms. The Morgan fingerprint density at radius 1 is 1.36 bits per heavy atom. The Labute approximate surface area is 129 Å². The zero-order chi connectivity index (χ0) is 15.7. The van der Waals surface area contributed by atoms with Crippen LogP contribution in [0.4, 0.5) is 0 Å². The number of amides is 2. The van der Waals surface area contributed by atoms with E-state index in [1.807, 2.05) is 38.1 Å². The molecule has 3 rings (SSSR count). The van der Waals surface area contributed by atoms with Crippen LogP contribution in [0.3, 0.4) is 0 Å². The molecule has 1 unspecified atom stereocenters. The standard InChI is InChI=1S/C17H21N3O2/c1-3-11(2)19-16(21)12-9-20(10-12)17(22)14-8-18-15-7-5-4-6-13(14)15/h4-8,11-12,18H,3,9-10H2,1-2H3,(H,19,21). The molecule has 1 aliphatic rings. The summed E-state index contributed by atoms with van der Waals surface area (Å²) in [6.45, 7) is 5.03. The smallest absolute Gasteiger partial charge is 0.256 e. The normalized spacial score (nSPS) is 16.4. The summed E-state index contributed by atoms with van der Waals surface area (Å²) in [6.07, 6.45) is 2.66. The fraction of sp³-hybridized carbons (Fsp3) is 0.412. The van der Waals surface area contributed by atoms with Crippen molar-refractivity contribution in [2.45, 2.75) is 26.3 Å². The number of benzene rings is 1. The molecule has 1 atom stereocenters. The minimum absolute atomic E-state index is 0.00922. The fourth-order valence-electron chi connectivity index (χ4n) is 2.69. The first-order valence-corrected chi connectivity index (χ1v) is 7.76. The number of nitrogens with one attached hydrogen (secondary N) is 2. The van der Waals surface area contributed by atoms with Crippen molar-refractivity contribution in [1.82, 2.24) is 15.2 Å². The van der Waals surface area contributed by atoms with Gasteiger partial charge in [-0.3, -0.25) is 9.59 Å². The van der Waals surface area contributed by atoms with Crippen LogP contribution in [0.2, 0.25) is 0 Å². The maximum absolute atomic E-state index is 12.5. The molecule has 1 aliphatic heterocycles. The lowest BCUT2D eigenvalue weighted by molar-refractivity contribution is -0.129. The van der Waals surface area contributed by atoms with E-state index in [1.54, 1.807) is 11.1 Å². The number of rotatable bonds is 4. The van der Waals surface area contributed by atoms with E-state index in [4.69, 9.17) is 0 Å². The highest BCUT2D eigenvalue weighted by atomic mass is 16.2. The highest BCUT2D eigenvalue weighted by molar-refractivity contribution is 6.07. The number of H-pyrrole nitrogens is 1. The number of likely N-dealkylation sites (tertiary alicyclic amines) is 1. The largest absolute Gasteiger partial charge is 0.360 e. The molecule has 0 spiro atoms. The topological polar surface area (TPSA) is 65.2 Å². The van der Waals surface area contributed by atoms with Crippen LogP contribution < -0.4 is 5.32 Å². The van der Waals surface area contributed by atoms with Crippen molar-refractivity contribution in [3.63, 3.8) is 0 Å². The predicted molar refractivity (Wildman–Crippen MR) is 85.6 cm³/mol. The van der Waals surface area contributed by atoms with Gasteiger partial charge in [-0.25, -0.2) is 0 Å². The second-order valence-corrected chi connectivity index (χ2v) is 5.97. The van der Waals surface area contributed by atoms with E-state index in [1.165, 1.54) is 0 Å². The third-order valence-corrected chi connectivity index (χ3v) is 4.36. The molecular weight excluding hydrogens is 278 g/mol. The highest BCUT2D eigenvalue weighted by Crippen LogP contribution is 2.24. The number of carbonyl (C=O) groups excluding carboxylic acids is 2. The number of hydrogen-bond donors (Lipinski definition) is 2. The van der Waals surface area contributed by atoms with Gasteiger partial charge >= 0.3 is 0 Å². The lowest BCUT2D eigenvalue weighted by Crippen LogP contribution is -2.56. The van der Waals surface area contributed by atoms with Gasteiger partial charge in [0.1, 0.15) is 0 Å². The number of aromatic nitrogens is 1. The molecule has 116 valence electrons. The van der Waals surface area contributed by atoms with Crippen molar-refractivity contribution in [3.8, 4) is 0 Å². The van der Waals surface area contributed by atoms with Gasteiger partial charge in [-0.15, -0.1) is 0 Å². The summed E-state index contributed by atoms with van der Waals surface area (Å²) in [4.78, 5) is 29.4. The maximum atomic E-state index is 12.5. The summed E-state index contributed by atoms with van der Waals surface area (Å²) in [6, 6.07) is 7.93. The number of aromatic amines is 1. The molecule has 22 heavy (non-hydrogen) atoms. The Kier molecular flexibility index (Phi) is 3.88. The van der Waals surface area contributed by atoms with E-state index in [0.717, 1.165) is 17.3 Å². The Hall–Kier alpha value is -2.30. The summed E-state index contributed by atoms with van der Waals surface area (Å²) in [7, 11) is 0. The van der Waals surface area contributed by atoms with Gasteiger partial charge < -0.3 is 15.2 Å². The first-order chi connectivity index (χ1) is 10.6. The van der Waals surface area contributed by atoms with Gasteiger partial charge in [-0.1, -0.05) is 25.1 Å². The minimum atomic E-state index is -0.0804. The first-order valence-electron chi connectivity index (χ1n) is 7.76. The van der Waals surface area contributed by atoms with Crippen LogP contribution in [0.25, 0.3) is 10.9 Å². The molecule has 2 heterocycles. The molecule has 0 radical (unpaired) electrons. The van der Waals surface area contributed by atoms with E-state index in [2.05, 4.69) is 10.3 Å². The lowest BCUT2D eigenvalue weighted by Gasteiger charge is -2.38. The quantitative estimate of drug-likeness (QED) is 0.908. The van der Waals surface area contributed by atoms with E-state index >= 15 is 0 Å². The van der Waals surface area contributed by atoms with Gasteiger partial charge in [0.2, 0.25) is 5.91 Å². The molecule has 2 amide bonds. The van der Waals surface area contributed by atoms with Crippen molar-refractivity contribution in [2.24, 2.45) is 5.92 Å². The molecule has 1 fully saturated rings. The molecule has 2 N–H and O–H groups in total. The van der Waals surface area contributed by atoms with Crippen LogP contribution in [0, 0.1) is 5.92 Å². The SMILES string of the molecule is CCC(C)NC(=O)C1CN(C(=O)c2c[nH]c3ccccc23)C1. The summed E-state index contributed by atoms with van der Waals surface area (Å²) in [5.74, 6) is -0.0366. The van der Waals surface area contributed by atoms with Crippen LogP contribution in [0.15, 0.2) is 30.5 Å². The van der Waals surface area contributed by atoms with Crippen molar-refractivity contribution in [1.29, 1.82) is 0 Å². The van der Waals surface area contributed by atoms with E-state index in [9.17, 15) is 9.59 Å². The second kappa shape index (κ2) is 5.83. The van der Waals surface area contributed by atoms with Crippen molar-refractivity contribution >= 4 is 22.7 Å². The number of para-hydroxylation sites is 1. The van der Waals surface area contributed by atoms with Gasteiger partial charge in [0.05, 0.1) is 11.5 Å². The fourth-order valence-corrected chi connectivity index (χ4v) is 2.69. The third-order valence-electron chi connectivity index (χ3n) is 4.36. The molecule has 5 nitrogen and oxygen atoms in total. The van der Waals surface area contributed by atoms with Crippen LogP contribution in [0.1, 0.15) is 30.6 Å². The second-order valence-electron chi connectivity index (χ2n) is 5.97. The molecular formula is C17H21N3O2. The number of hydrogen-bond acceptors (Lipinski definition) is 2. The van der Waals surface area contributed by atoms with Crippen molar-refractivity contribution in [2.75, 3.05) is 13.1 Å². The van der Waals surface area contributed by atoms with Gasteiger partial charge in [0, 0.05) is 36.2 Å². The van der Waals surface area contributed by atoms with E-state index in [-0.39, 0.29) is 23.8 Å². The van der Waals surface area contributed by atoms with Gasteiger partial charge in [0.25, 0.3) is 5.91 Å². The summed E-state index contributed by atoms with van der Waals surface area (Å²) in [5.41, 5.74) is 1.63. The van der Waals surface area contributed by atoms with Crippen LogP contribution in [0.5, 0.6) is 0 Å². The molecule has 0 saturated carbocycles. The van der Waals surface area contributed by atoms with Crippen molar-refractivity contribution in [3.05, 3.63) is 36.0 Å². The average molecular weight is 299 g/mol. The van der Waals surface area contributed by atoms with Crippen molar-refractivity contribution < 1.29 is 9.59 Å². The number of fused-ring (bicyclic) bond motifs is 1. The Bertz CT molecular complexity index is 701. The Morgan fingerprint density at radius 2 is 2.09 bits per heavy atom. The van der Waals surface area contributed by atoms with E-state index < -0.39 is 0 Å². The van der Waals surface area contributed by atoms with Gasteiger partial charge in [0.15, 0.2) is 0 Å². The van der Waals surface area contributed by atoms with Gasteiger partial charge in [-0.2, -0.15) is 0 Å². The molecule has 1 aromatic heterocycles. The Balaban J connectivity index is 1.63. The first kappa shape index (κ1) is 14.6. The van der Waals surface area contributed by atoms with Gasteiger partial charge in [-0.05, 0) is 19.4 Å². The molecule has 1 aromatic carbocycles. The monoisotopic (exact) mass is 299 g/mol. The zero-order valence-corrected chi connectivity index (χ0v) is 12.9. The lowest BCUT2D eigenvalue weighted by atomic mass is 9.97. The predicted octanol–water partition coefficient (Wildman–Crippen LogP) is 2.15. The highest BCUT2D eigenvalue weighted by Gasteiger charge is 2.36. The summed E-state index contributed by atoms with van der Waals surface area (Å²) >= 11 is 0. The number of carbonyl (C=O) groups is 2.